The van der Waals surface area contributed by atoms with Gasteiger partial charge in [0, 0.05) is 29.7 Å². The third-order valence-corrected chi connectivity index (χ3v) is 3.37. The first-order valence-electron chi connectivity index (χ1n) is 7.26. The number of hydrogen-bond donors (Lipinski definition) is 3. The van der Waals surface area contributed by atoms with Crippen LogP contribution in [0.2, 0.25) is 0 Å². The second-order valence-electron chi connectivity index (χ2n) is 5.32. The van der Waals surface area contributed by atoms with E-state index >= 15 is 0 Å². The fraction of sp³-hybridized carbons (Fsp3) is 0.438. The summed E-state index contributed by atoms with van der Waals surface area (Å²) in [5.74, 6) is 0.522. The van der Waals surface area contributed by atoms with Gasteiger partial charge in [-0.25, -0.2) is 0 Å². The summed E-state index contributed by atoms with van der Waals surface area (Å²) in [4.78, 5) is 7.74. The Hall–Kier alpha value is -1.97. The van der Waals surface area contributed by atoms with Crippen LogP contribution in [0.4, 0.5) is 0 Å². The lowest BCUT2D eigenvalue weighted by atomic mass is 10.1. The number of fused-ring (bicyclic) bond motifs is 1. The molecule has 0 fully saturated rings. The second-order valence-corrected chi connectivity index (χ2v) is 5.32. The number of aryl methyl sites for hydroxylation is 1. The van der Waals surface area contributed by atoms with E-state index in [4.69, 9.17) is 5.73 Å². The lowest BCUT2D eigenvalue weighted by Gasteiger charge is -2.08. The number of nitrogens with one attached hydrogen (secondary N) is 2. The minimum absolute atomic E-state index is 0.318. The molecule has 0 aliphatic rings. The molecule has 0 bridgehead atoms. The van der Waals surface area contributed by atoms with Crippen molar-refractivity contribution in [1.29, 1.82) is 0 Å². The molecule has 0 aliphatic heterocycles. The number of nitrogens with two attached hydrogens (primary N) is 1. The van der Waals surface area contributed by atoms with Crippen molar-refractivity contribution >= 4 is 16.9 Å². The first-order valence-corrected chi connectivity index (χ1v) is 7.26. The third kappa shape index (κ3) is 3.32. The Labute approximate surface area is 120 Å². The van der Waals surface area contributed by atoms with Gasteiger partial charge in [-0.2, -0.15) is 0 Å². The molecule has 0 spiro atoms. The summed E-state index contributed by atoms with van der Waals surface area (Å²) in [6.45, 7) is 6.98. The summed E-state index contributed by atoms with van der Waals surface area (Å²) in [6.07, 6.45) is 4.03. The Morgan fingerprint density at radius 3 is 2.85 bits per heavy atom. The van der Waals surface area contributed by atoms with Gasteiger partial charge in [-0.3, -0.25) is 4.99 Å². The van der Waals surface area contributed by atoms with E-state index in [-0.39, 0.29) is 0 Å². The van der Waals surface area contributed by atoms with E-state index in [1.165, 1.54) is 22.0 Å². The van der Waals surface area contributed by atoms with E-state index in [9.17, 15) is 0 Å². The predicted octanol–water partition coefficient (Wildman–Crippen LogP) is 2.59. The van der Waals surface area contributed by atoms with E-state index in [1.807, 2.05) is 13.8 Å². The Morgan fingerprint density at radius 2 is 2.15 bits per heavy atom. The van der Waals surface area contributed by atoms with Crippen LogP contribution >= 0.6 is 0 Å². The van der Waals surface area contributed by atoms with Crippen molar-refractivity contribution < 1.29 is 0 Å². The van der Waals surface area contributed by atoms with Crippen molar-refractivity contribution in [2.75, 3.05) is 6.54 Å². The number of aliphatic imine (C=N–C) groups is 1. The molecule has 1 heterocycles. The van der Waals surface area contributed by atoms with Crippen LogP contribution in [0.15, 0.2) is 29.4 Å². The molecule has 4 nitrogen and oxygen atoms in total. The first kappa shape index (κ1) is 14.4. The molecule has 0 radical (unpaired) electrons. The molecule has 4 heteroatoms. The number of aromatic amines is 1. The van der Waals surface area contributed by atoms with Crippen LogP contribution in [-0.2, 0) is 12.8 Å². The van der Waals surface area contributed by atoms with Crippen LogP contribution in [0.3, 0.4) is 0 Å². The van der Waals surface area contributed by atoms with Gasteiger partial charge >= 0.3 is 0 Å². The van der Waals surface area contributed by atoms with Crippen molar-refractivity contribution in [2.45, 2.75) is 39.7 Å². The summed E-state index contributed by atoms with van der Waals surface area (Å²) in [7, 11) is 0. The van der Waals surface area contributed by atoms with Gasteiger partial charge in [0.15, 0.2) is 5.96 Å². The summed E-state index contributed by atoms with van der Waals surface area (Å²) < 4.78 is 0. The van der Waals surface area contributed by atoms with E-state index in [0.717, 1.165) is 12.8 Å². The summed E-state index contributed by atoms with van der Waals surface area (Å²) >= 11 is 0. The van der Waals surface area contributed by atoms with Crippen LogP contribution in [0.5, 0.6) is 0 Å². The molecule has 2 rings (SSSR count). The predicted molar refractivity (Wildman–Crippen MR) is 86.1 cm³/mol. The highest BCUT2D eigenvalue weighted by atomic mass is 15.1. The minimum atomic E-state index is 0.318. The number of para-hydroxylation sites is 1. The van der Waals surface area contributed by atoms with Gasteiger partial charge in [0.05, 0.1) is 0 Å². The molecule has 0 aliphatic carbocycles. The number of nitrogens with zero attached hydrogens (tertiary/aromatic N) is 1. The second kappa shape index (κ2) is 6.46. The molecule has 0 unspecified atom stereocenters. The zero-order chi connectivity index (χ0) is 14.5. The first-order chi connectivity index (χ1) is 9.61. The van der Waals surface area contributed by atoms with Gasteiger partial charge in [0.2, 0.25) is 0 Å². The summed E-state index contributed by atoms with van der Waals surface area (Å²) in [6, 6.07) is 6.78. The molecule has 0 amide bonds. The van der Waals surface area contributed by atoms with Gasteiger partial charge in [-0.05, 0) is 37.8 Å². The molecule has 1 aromatic carbocycles. The number of aromatic nitrogens is 1. The molecule has 1 aromatic heterocycles. The van der Waals surface area contributed by atoms with E-state index < -0.39 is 0 Å². The average molecular weight is 272 g/mol. The largest absolute Gasteiger partial charge is 0.370 e. The highest BCUT2D eigenvalue weighted by Gasteiger charge is 2.06. The van der Waals surface area contributed by atoms with Crippen LogP contribution in [0.1, 0.15) is 31.9 Å². The zero-order valence-corrected chi connectivity index (χ0v) is 12.5. The molecule has 0 saturated carbocycles. The maximum Gasteiger partial charge on any atom is 0.188 e. The maximum atomic E-state index is 5.80. The molecule has 2 aromatic rings. The number of benzene rings is 1. The topological polar surface area (TPSA) is 66.2 Å². The average Bonchev–Trinajstić information content (AvgIpc) is 2.81. The molecular weight excluding hydrogens is 248 g/mol. The van der Waals surface area contributed by atoms with Crippen molar-refractivity contribution in [3.8, 4) is 0 Å². The molecular formula is C16H24N4. The molecule has 0 saturated heterocycles. The monoisotopic (exact) mass is 272 g/mol. The van der Waals surface area contributed by atoms with Gasteiger partial charge in [-0.15, -0.1) is 0 Å². The molecule has 4 N–H and O–H groups in total. The number of guanidine groups is 1. The van der Waals surface area contributed by atoms with Crippen LogP contribution < -0.4 is 11.1 Å². The quantitative estimate of drug-likeness (QED) is 0.578. The fourth-order valence-electron chi connectivity index (χ4n) is 2.41. The highest BCUT2D eigenvalue weighted by Crippen LogP contribution is 2.22. The van der Waals surface area contributed by atoms with E-state index in [0.29, 0.717) is 18.5 Å². The van der Waals surface area contributed by atoms with E-state index in [1.54, 1.807) is 0 Å². The Kier molecular flexibility index (Phi) is 4.66. The van der Waals surface area contributed by atoms with Gasteiger partial charge < -0.3 is 16.0 Å². The lowest BCUT2D eigenvalue weighted by molar-refractivity contribution is 0.723. The molecule has 20 heavy (non-hydrogen) atoms. The zero-order valence-electron chi connectivity index (χ0n) is 12.5. The number of rotatable bonds is 5. The lowest BCUT2D eigenvalue weighted by Crippen LogP contribution is -2.36. The van der Waals surface area contributed by atoms with Crippen LogP contribution in [0.25, 0.3) is 10.9 Å². The standard InChI is InChI=1S/C16H24N4/c1-4-12-6-5-7-14-13(10-19-15(12)14)8-9-18-16(17)20-11(2)3/h5-7,10-11,19H,4,8-9H2,1-3H3,(H3,17,18,20). The summed E-state index contributed by atoms with van der Waals surface area (Å²) in [5, 5.41) is 4.40. The van der Waals surface area contributed by atoms with Crippen molar-refractivity contribution in [3.05, 3.63) is 35.5 Å². The van der Waals surface area contributed by atoms with E-state index in [2.05, 4.69) is 46.6 Å². The van der Waals surface area contributed by atoms with Gasteiger partial charge in [0.1, 0.15) is 0 Å². The number of hydrogen-bond acceptors (Lipinski definition) is 1. The van der Waals surface area contributed by atoms with Crippen molar-refractivity contribution in [2.24, 2.45) is 10.7 Å². The van der Waals surface area contributed by atoms with Gasteiger partial charge in [0.25, 0.3) is 0 Å². The van der Waals surface area contributed by atoms with Crippen molar-refractivity contribution in [3.63, 3.8) is 0 Å². The fourth-order valence-corrected chi connectivity index (χ4v) is 2.41. The molecule has 0 atom stereocenters. The maximum absolute atomic E-state index is 5.80. The Morgan fingerprint density at radius 1 is 1.35 bits per heavy atom. The molecule has 108 valence electrons. The third-order valence-electron chi connectivity index (χ3n) is 3.37. The Balaban J connectivity index is 2.07. The number of H-pyrrole nitrogens is 1. The van der Waals surface area contributed by atoms with Crippen LogP contribution in [0, 0.1) is 0 Å². The van der Waals surface area contributed by atoms with Crippen molar-refractivity contribution in [1.82, 2.24) is 10.3 Å². The Bertz CT molecular complexity index is 596. The minimum Gasteiger partial charge on any atom is -0.370 e. The van der Waals surface area contributed by atoms with Crippen LogP contribution in [-0.4, -0.2) is 23.5 Å². The SMILES string of the molecule is CCc1cccc2c(CCN=C(N)NC(C)C)c[nH]c12. The smallest absolute Gasteiger partial charge is 0.188 e. The summed E-state index contributed by atoms with van der Waals surface area (Å²) in [5.41, 5.74) is 9.72. The normalized spacial score (nSPS) is 12.3. The highest BCUT2D eigenvalue weighted by molar-refractivity contribution is 5.86. The van der Waals surface area contributed by atoms with Gasteiger partial charge in [-0.1, -0.05) is 25.1 Å².